The van der Waals surface area contributed by atoms with Gasteiger partial charge in [0.25, 0.3) is 17.7 Å². The van der Waals surface area contributed by atoms with E-state index in [1.165, 1.54) is 0 Å². The number of nitrogens with two attached hydrogens (primary N) is 1. The number of carbonyl (C=O) groups excluding carboxylic acids is 3. The summed E-state index contributed by atoms with van der Waals surface area (Å²) < 4.78 is 30.3. The summed E-state index contributed by atoms with van der Waals surface area (Å²) in [6, 6.07) is 39.7. The molecule has 0 aliphatic carbocycles. The number of hydrogen-bond acceptors (Lipinski definition) is 9. The fourth-order valence-electron chi connectivity index (χ4n) is 5.55. The molecule has 0 aliphatic rings. The van der Waals surface area contributed by atoms with Crippen molar-refractivity contribution in [3.63, 3.8) is 0 Å². The molecule has 0 fully saturated rings. The quantitative estimate of drug-likeness (QED) is 0.123. The number of anilines is 2. The highest BCUT2D eigenvalue weighted by atomic mass is 19.3. The molecule has 0 saturated carbocycles. The third-order valence-corrected chi connectivity index (χ3v) is 8.45. The van der Waals surface area contributed by atoms with E-state index in [4.69, 9.17) is 10.2 Å². The lowest BCUT2D eigenvalue weighted by Gasteiger charge is -2.23. The molecule has 7 rings (SSSR count). The molecule has 0 unspecified atom stereocenters. The Morgan fingerprint density at radius 3 is 1.43 bits per heavy atom. The summed E-state index contributed by atoms with van der Waals surface area (Å²) in [5.74, 6) is -1.08. The van der Waals surface area contributed by atoms with Crippen LogP contribution in [0.25, 0.3) is 11.5 Å². The van der Waals surface area contributed by atoms with Gasteiger partial charge in [-0.25, -0.2) is 0 Å². The second-order valence-electron chi connectivity index (χ2n) is 12.2. The summed E-state index contributed by atoms with van der Waals surface area (Å²) in [7, 11) is 0. The Kier molecular flexibility index (Phi) is 12.8. The largest absolute Gasteiger partial charge is 0.415 e. The highest BCUT2D eigenvalue weighted by molar-refractivity contribution is 6.06. The average molecular weight is 752 g/mol. The van der Waals surface area contributed by atoms with Crippen molar-refractivity contribution in [1.82, 2.24) is 20.2 Å². The fraction of sp³-hybridized carbons (Fsp3) is 0.0930. The van der Waals surface area contributed by atoms with Crippen LogP contribution in [-0.4, -0.2) is 44.3 Å². The topological polar surface area (TPSA) is 148 Å². The molecule has 280 valence electrons. The highest BCUT2D eigenvalue weighted by Crippen LogP contribution is 2.25. The van der Waals surface area contributed by atoms with Crippen molar-refractivity contribution < 1.29 is 27.6 Å². The van der Waals surface area contributed by atoms with Gasteiger partial charge in [0.15, 0.2) is 5.78 Å². The number of ketones is 1. The van der Waals surface area contributed by atoms with E-state index >= 15 is 0 Å². The average Bonchev–Trinajstić information content (AvgIpc) is 3.77. The summed E-state index contributed by atoms with van der Waals surface area (Å²) in [5, 5.41) is 6.98. The molecular formula is C43H35F2N7O4. The second-order valence-corrected chi connectivity index (χ2v) is 12.2. The zero-order valence-electron chi connectivity index (χ0n) is 29.9. The minimum Gasteiger partial charge on any atom is -0.415 e. The van der Waals surface area contributed by atoms with Gasteiger partial charge >= 0.3 is 6.43 Å². The lowest BCUT2D eigenvalue weighted by molar-refractivity contribution is 0.0977. The zero-order chi connectivity index (χ0) is 39.3. The maximum atomic E-state index is 13.1. The second kappa shape index (κ2) is 18.7. The first kappa shape index (κ1) is 38.5. The van der Waals surface area contributed by atoms with Gasteiger partial charge < -0.3 is 20.0 Å². The molecule has 0 bridgehead atoms. The summed E-state index contributed by atoms with van der Waals surface area (Å²) in [6.07, 6.45) is 3.53. The summed E-state index contributed by atoms with van der Waals surface area (Å²) in [4.78, 5) is 49.0. The van der Waals surface area contributed by atoms with Crippen molar-refractivity contribution in [2.24, 2.45) is 5.73 Å². The van der Waals surface area contributed by atoms with Gasteiger partial charge in [-0.05, 0) is 71.8 Å². The standard InChI is InChI=1S/C22H16F2N4O2.C21H19N3O2/c23-19(24)21-27-26-20(30-21)16-8-6-15(7-9-16)14-28(18-4-2-1-3-5-18)22(29)17-10-12-25-13-11-17;22-14-20(25)17-8-6-16(7-9-17)15-24(19-4-2-1-3-5-19)21(26)18-10-12-23-13-11-18/h1-13,19H,14H2;1-13H,14-15,22H2. The van der Waals surface area contributed by atoms with Gasteiger partial charge in [-0.1, -0.05) is 72.8 Å². The minimum atomic E-state index is -2.82. The molecule has 0 atom stereocenters. The molecule has 0 saturated heterocycles. The zero-order valence-corrected chi connectivity index (χ0v) is 29.9. The molecule has 56 heavy (non-hydrogen) atoms. The predicted molar refractivity (Wildman–Crippen MR) is 207 cm³/mol. The van der Waals surface area contributed by atoms with E-state index < -0.39 is 12.3 Å². The van der Waals surface area contributed by atoms with Crippen molar-refractivity contribution in [1.29, 1.82) is 0 Å². The van der Waals surface area contributed by atoms with Crippen molar-refractivity contribution >= 4 is 29.0 Å². The van der Waals surface area contributed by atoms with Crippen LogP contribution in [0.5, 0.6) is 0 Å². The van der Waals surface area contributed by atoms with Gasteiger partial charge in [-0.15, -0.1) is 10.2 Å². The van der Waals surface area contributed by atoms with Crippen LogP contribution < -0.4 is 15.5 Å². The van der Waals surface area contributed by atoms with Crippen LogP contribution in [-0.2, 0) is 13.1 Å². The van der Waals surface area contributed by atoms with Crippen LogP contribution in [0.1, 0.15) is 54.5 Å². The molecule has 3 heterocycles. The van der Waals surface area contributed by atoms with Gasteiger partial charge in [0.2, 0.25) is 5.89 Å². The van der Waals surface area contributed by atoms with Crippen LogP contribution in [0, 0.1) is 0 Å². The van der Waals surface area contributed by atoms with E-state index in [-0.39, 0.29) is 30.0 Å². The summed E-state index contributed by atoms with van der Waals surface area (Å²) in [6.45, 7) is 0.690. The van der Waals surface area contributed by atoms with Crippen LogP contribution in [0.15, 0.2) is 163 Å². The van der Waals surface area contributed by atoms with E-state index in [0.29, 0.717) is 35.3 Å². The van der Waals surface area contributed by atoms with Gasteiger partial charge in [0, 0.05) is 58.4 Å². The number of pyridine rings is 2. The van der Waals surface area contributed by atoms with Gasteiger partial charge in [-0.2, -0.15) is 8.78 Å². The number of aromatic nitrogens is 4. The lowest BCUT2D eigenvalue weighted by atomic mass is 10.1. The Morgan fingerprint density at radius 2 is 1.02 bits per heavy atom. The molecule has 0 radical (unpaired) electrons. The Bertz CT molecular complexity index is 2330. The van der Waals surface area contributed by atoms with Crippen molar-refractivity contribution in [2.45, 2.75) is 19.5 Å². The van der Waals surface area contributed by atoms with E-state index in [0.717, 1.165) is 22.5 Å². The molecule has 2 amide bonds. The van der Waals surface area contributed by atoms with Crippen molar-refractivity contribution in [3.05, 3.63) is 192 Å². The van der Waals surface area contributed by atoms with Gasteiger partial charge in [0.1, 0.15) is 0 Å². The molecular weight excluding hydrogens is 717 g/mol. The summed E-state index contributed by atoms with van der Waals surface area (Å²) in [5.41, 5.74) is 10.9. The van der Waals surface area contributed by atoms with Crippen molar-refractivity contribution in [3.8, 4) is 11.5 Å². The Labute approximate surface area is 321 Å². The molecule has 13 heteroatoms. The first-order valence-electron chi connectivity index (χ1n) is 17.4. The Hall–Kier alpha value is -7.25. The van der Waals surface area contributed by atoms with E-state index in [9.17, 15) is 23.2 Å². The number of hydrogen-bond donors (Lipinski definition) is 1. The van der Waals surface area contributed by atoms with Crippen LogP contribution >= 0.6 is 0 Å². The highest BCUT2D eigenvalue weighted by Gasteiger charge is 2.21. The van der Waals surface area contributed by atoms with Crippen LogP contribution in [0.4, 0.5) is 20.2 Å². The number of benzene rings is 4. The van der Waals surface area contributed by atoms with E-state index in [2.05, 4.69) is 20.2 Å². The number of amides is 2. The smallest absolute Gasteiger partial charge is 0.314 e. The summed E-state index contributed by atoms with van der Waals surface area (Å²) >= 11 is 0. The predicted octanol–water partition coefficient (Wildman–Crippen LogP) is 7.99. The van der Waals surface area contributed by atoms with Gasteiger partial charge in [-0.3, -0.25) is 24.4 Å². The number of Topliss-reactive ketones (excluding diaryl/α,β-unsaturated/α-hetero) is 1. The van der Waals surface area contributed by atoms with Crippen LogP contribution in [0.3, 0.4) is 0 Å². The number of carbonyl (C=O) groups is 3. The third kappa shape index (κ3) is 9.83. The number of alkyl halides is 2. The molecule has 0 spiro atoms. The molecule has 0 aliphatic heterocycles. The first-order chi connectivity index (χ1) is 27.3. The number of halogens is 2. The number of rotatable bonds is 12. The molecule has 3 aromatic heterocycles. The number of nitrogens with zero attached hydrogens (tertiary/aromatic N) is 6. The van der Waals surface area contributed by atoms with E-state index in [1.54, 1.807) is 95.3 Å². The molecule has 11 nitrogen and oxygen atoms in total. The monoisotopic (exact) mass is 751 g/mol. The lowest BCUT2D eigenvalue weighted by Crippen LogP contribution is -2.30. The third-order valence-electron chi connectivity index (χ3n) is 8.45. The van der Waals surface area contributed by atoms with Gasteiger partial charge in [0.05, 0.1) is 19.6 Å². The maximum absolute atomic E-state index is 13.1. The SMILES string of the molecule is NCC(=O)c1ccc(CN(C(=O)c2ccncc2)c2ccccc2)cc1.O=C(c1ccncc1)N(Cc1ccc(-c2nnc(C(F)F)o2)cc1)c1ccccc1. The Morgan fingerprint density at radius 1 is 0.571 bits per heavy atom. The van der Waals surface area contributed by atoms with E-state index in [1.807, 2.05) is 72.8 Å². The minimum absolute atomic E-state index is 0.0178. The number of para-hydroxylation sites is 2. The fourth-order valence-corrected chi connectivity index (χ4v) is 5.55. The normalized spacial score (nSPS) is 10.6. The molecule has 2 N–H and O–H groups in total. The maximum Gasteiger partial charge on any atom is 0.314 e. The van der Waals surface area contributed by atoms with Crippen molar-refractivity contribution in [2.75, 3.05) is 16.3 Å². The Balaban J connectivity index is 0.000000192. The first-order valence-corrected chi connectivity index (χ1v) is 17.4. The van der Waals surface area contributed by atoms with Crippen LogP contribution in [0.2, 0.25) is 0 Å². The molecule has 7 aromatic rings. The molecule has 4 aromatic carbocycles.